The SMILES string of the molecule is COc1cc(/C=C2/C(C)=C(C#N)c3nc(N)c(C#N)c(C)c32)ccc1OCc1ccc(Br)cc1Br. The number of nitriles is 2. The number of pyridine rings is 1. The van der Waals surface area contributed by atoms with Gasteiger partial charge in [-0.3, -0.25) is 0 Å². The van der Waals surface area contributed by atoms with Gasteiger partial charge in [-0.05, 0) is 66.5 Å². The van der Waals surface area contributed by atoms with E-state index in [1.807, 2.05) is 56.3 Å². The third kappa shape index (κ3) is 4.55. The molecule has 6 nitrogen and oxygen atoms in total. The van der Waals surface area contributed by atoms with Crippen LogP contribution in [0.4, 0.5) is 5.82 Å². The minimum absolute atomic E-state index is 0.131. The average molecular weight is 592 g/mol. The molecule has 0 radical (unpaired) electrons. The number of nitrogen functional groups attached to an aromatic ring is 1. The van der Waals surface area contributed by atoms with Gasteiger partial charge in [0.05, 0.1) is 23.9 Å². The van der Waals surface area contributed by atoms with Crippen molar-refractivity contribution in [3.63, 3.8) is 0 Å². The second-order valence-corrected chi connectivity index (χ2v) is 9.71. The molecule has 0 saturated carbocycles. The van der Waals surface area contributed by atoms with Gasteiger partial charge < -0.3 is 15.2 Å². The number of fused-ring (bicyclic) bond motifs is 1. The van der Waals surface area contributed by atoms with E-state index in [9.17, 15) is 10.5 Å². The standard InChI is InChI=1S/C27H20Br2N4O2/c1-14-19(25-15(2)21(12-31)27(32)33-26(25)20(14)11-30)8-16-4-7-23(24(9-16)34-3)35-13-17-5-6-18(28)10-22(17)29/h4-10H,13H2,1-3H3,(H2,32,33)/b19-8-. The van der Waals surface area contributed by atoms with E-state index in [4.69, 9.17) is 15.2 Å². The largest absolute Gasteiger partial charge is 0.493 e. The maximum Gasteiger partial charge on any atom is 0.161 e. The van der Waals surface area contributed by atoms with Crippen LogP contribution in [0.1, 0.15) is 40.4 Å². The van der Waals surface area contributed by atoms with E-state index >= 15 is 0 Å². The molecule has 4 rings (SSSR count). The van der Waals surface area contributed by atoms with Crippen molar-refractivity contribution < 1.29 is 9.47 Å². The maximum absolute atomic E-state index is 9.76. The van der Waals surface area contributed by atoms with Gasteiger partial charge in [0.2, 0.25) is 0 Å². The smallest absolute Gasteiger partial charge is 0.161 e. The highest BCUT2D eigenvalue weighted by atomic mass is 79.9. The molecule has 3 aromatic rings. The van der Waals surface area contributed by atoms with E-state index in [2.05, 4.69) is 49.0 Å². The lowest BCUT2D eigenvalue weighted by Gasteiger charge is -2.13. The molecule has 0 aliphatic heterocycles. The number of anilines is 1. The van der Waals surface area contributed by atoms with Crippen molar-refractivity contribution in [3.8, 4) is 23.6 Å². The van der Waals surface area contributed by atoms with Crippen LogP contribution >= 0.6 is 31.9 Å². The number of nitrogens with two attached hydrogens (primary N) is 1. The highest BCUT2D eigenvalue weighted by molar-refractivity contribution is 9.11. The number of halogens is 2. The third-order valence-corrected chi connectivity index (χ3v) is 7.11. The quantitative estimate of drug-likeness (QED) is 0.349. The summed E-state index contributed by atoms with van der Waals surface area (Å²) in [6.07, 6.45) is 1.96. The molecule has 35 heavy (non-hydrogen) atoms. The summed E-state index contributed by atoms with van der Waals surface area (Å²) in [4.78, 5) is 4.38. The Labute approximate surface area is 220 Å². The van der Waals surface area contributed by atoms with Gasteiger partial charge in [-0.15, -0.1) is 0 Å². The first-order valence-electron chi connectivity index (χ1n) is 10.6. The second-order valence-electron chi connectivity index (χ2n) is 7.94. The van der Waals surface area contributed by atoms with Gasteiger partial charge in [-0.1, -0.05) is 44.0 Å². The summed E-state index contributed by atoms with van der Waals surface area (Å²) in [5.41, 5.74) is 12.2. The van der Waals surface area contributed by atoms with Crippen molar-refractivity contribution in [1.82, 2.24) is 4.98 Å². The first kappa shape index (κ1) is 24.5. The molecule has 1 heterocycles. The lowest BCUT2D eigenvalue weighted by molar-refractivity contribution is 0.284. The van der Waals surface area contributed by atoms with Crippen LogP contribution in [0, 0.1) is 29.6 Å². The van der Waals surface area contributed by atoms with E-state index in [-0.39, 0.29) is 5.82 Å². The number of nitrogens with zero attached hydrogens (tertiary/aromatic N) is 3. The maximum atomic E-state index is 9.76. The summed E-state index contributed by atoms with van der Waals surface area (Å²) in [6.45, 7) is 4.07. The Morgan fingerprint density at radius 1 is 1.06 bits per heavy atom. The lowest BCUT2D eigenvalue weighted by Crippen LogP contribution is -2.03. The second kappa shape index (κ2) is 9.95. The lowest BCUT2D eigenvalue weighted by atomic mass is 9.95. The third-order valence-electron chi connectivity index (χ3n) is 5.88. The summed E-state index contributed by atoms with van der Waals surface area (Å²) in [5.74, 6) is 1.32. The van der Waals surface area contributed by atoms with Crippen LogP contribution in [0.5, 0.6) is 11.5 Å². The number of allylic oxidation sites excluding steroid dienone is 3. The van der Waals surface area contributed by atoms with Gasteiger partial charge in [0.1, 0.15) is 24.6 Å². The Morgan fingerprint density at radius 2 is 1.83 bits per heavy atom. The summed E-state index contributed by atoms with van der Waals surface area (Å²) in [6, 6.07) is 15.9. The van der Waals surface area contributed by atoms with Crippen LogP contribution in [-0.4, -0.2) is 12.1 Å². The summed E-state index contributed by atoms with van der Waals surface area (Å²) in [7, 11) is 1.59. The number of hydrogen-bond acceptors (Lipinski definition) is 6. The van der Waals surface area contributed by atoms with E-state index < -0.39 is 0 Å². The van der Waals surface area contributed by atoms with E-state index in [0.717, 1.165) is 36.8 Å². The van der Waals surface area contributed by atoms with Crippen LogP contribution in [0.25, 0.3) is 17.2 Å². The molecule has 174 valence electrons. The van der Waals surface area contributed by atoms with Gasteiger partial charge in [0.25, 0.3) is 0 Å². The number of aromatic nitrogens is 1. The molecule has 1 aliphatic rings. The highest BCUT2D eigenvalue weighted by Crippen LogP contribution is 2.44. The van der Waals surface area contributed by atoms with Crippen molar-refractivity contribution >= 4 is 54.9 Å². The van der Waals surface area contributed by atoms with Gasteiger partial charge in [0.15, 0.2) is 11.5 Å². The number of hydrogen-bond donors (Lipinski definition) is 1. The Bertz CT molecular complexity index is 1510. The molecule has 1 aliphatic carbocycles. The van der Waals surface area contributed by atoms with Crippen molar-refractivity contribution in [2.45, 2.75) is 20.5 Å². The van der Waals surface area contributed by atoms with Crippen LogP contribution < -0.4 is 15.2 Å². The van der Waals surface area contributed by atoms with E-state index in [1.165, 1.54) is 0 Å². The first-order chi connectivity index (χ1) is 16.8. The van der Waals surface area contributed by atoms with Crippen molar-refractivity contribution in [1.29, 1.82) is 10.5 Å². The molecule has 0 amide bonds. The zero-order valence-electron chi connectivity index (χ0n) is 19.2. The minimum atomic E-state index is 0.131. The first-order valence-corrected chi connectivity index (χ1v) is 12.2. The zero-order chi connectivity index (χ0) is 25.3. The Morgan fingerprint density at radius 3 is 2.49 bits per heavy atom. The predicted molar refractivity (Wildman–Crippen MR) is 143 cm³/mol. The molecule has 0 unspecified atom stereocenters. The Balaban J connectivity index is 1.72. The number of benzene rings is 2. The fourth-order valence-corrected chi connectivity index (χ4v) is 5.21. The van der Waals surface area contributed by atoms with Crippen molar-refractivity contribution in [2.24, 2.45) is 0 Å². The molecule has 1 aromatic heterocycles. The molecule has 2 aromatic carbocycles. The van der Waals surface area contributed by atoms with Gasteiger partial charge in [0, 0.05) is 20.1 Å². The normalized spacial score (nSPS) is 13.4. The summed E-state index contributed by atoms with van der Waals surface area (Å²) >= 11 is 7.01. The zero-order valence-corrected chi connectivity index (χ0v) is 22.4. The van der Waals surface area contributed by atoms with Crippen LogP contribution in [0.15, 0.2) is 50.9 Å². The van der Waals surface area contributed by atoms with Crippen LogP contribution in [0.2, 0.25) is 0 Å². The molecule has 0 atom stereocenters. The average Bonchev–Trinajstić information content (AvgIpc) is 3.09. The molecule has 0 fully saturated rings. The predicted octanol–water partition coefficient (Wildman–Crippen LogP) is 6.81. The minimum Gasteiger partial charge on any atom is -0.493 e. The molecule has 0 saturated heterocycles. The summed E-state index contributed by atoms with van der Waals surface area (Å²) < 4.78 is 13.6. The Hall–Kier alpha value is -3.59. The number of ether oxygens (including phenoxy) is 2. The van der Waals surface area contributed by atoms with E-state index in [0.29, 0.717) is 40.5 Å². The molecule has 8 heteroatoms. The fraction of sp³-hybridized carbons (Fsp3) is 0.148. The number of rotatable bonds is 5. The molecule has 0 spiro atoms. The number of methoxy groups -OCH3 is 1. The Kier molecular flexibility index (Phi) is 6.98. The molecular weight excluding hydrogens is 572 g/mol. The molecule has 0 bridgehead atoms. The monoisotopic (exact) mass is 590 g/mol. The van der Waals surface area contributed by atoms with E-state index in [1.54, 1.807) is 7.11 Å². The molecular formula is C27H20Br2N4O2. The highest BCUT2D eigenvalue weighted by Gasteiger charge is 2.29. The van der Waals surface area contributed by atoms with Gasteiger partial charge >= 0.3 is 0 Å². The van der Waals surface area contributed by atoms with Gasteiger partial charge in [-0.25, -0.2) is 4.98 Å². The van der Waals surface area contributed by atoms with Crippen LogP contribution in [0.3, 0.4) is 0 Å². The summed E-state index contributed by atoms with van der Waals surface area (Å²) in [5, 5.41) is 19.3. The van der Waals surface area contributed by atoms with Crippen molar-refractivity contribution in [3.05, 3.63) is 84.4 Å². The van der Waals surface area contributed by atoms with Crippen LogP contribution in [-0.2, 0) is 6.61 Å². The van der Waals surface area contributed by atoms with Crippen molar-refractivity contribution in [2.75, 3.05) is 12.8 Å². The fourth-order valence-electron chi connectivity index (χ4n) is 4.05. The van der Waals surface area contributed by atoms with Gasteiger partial charge in [-0.2, -0.15) is 10.5 Å². The molecule has 2 N–H and O–H groups in total. The topological polar surface area (TPSA) is 105 Å².